The number of hydrogen-bond donors (Lipinski definition) is 0. The zero-order valence-electron chi connectivity index (χ0n) is 8.68. The molecule has 3 nitrogen and oxygen atoms in total. The number of halogens is 4. The monoisotopic (exact) mass is 268 g/mol. The zero-order chi connectivity index (χ0) is 13.0. The number of esters is 1. The summed E-state index contributed by atoms with van der Waals surface area (Å²) in [5.74, 6) is -2.84. The van der Waals surface area contributed by atoms with Gasteiger partial charge in [0.2, 0.25) is 0 Å². The number of benzene rings is 1. The summed E-state index contributed by atoms with van der Waals surface area (Å²) in [5, 5.41) is 0. The molecule has 0 N–H and O–H groups in total. The Morgan fingerprint density at radius 3 is 2.59 bits per heavy atom. The van der Waals surface area contributed by atoms with Crippen LogP contribution in [0.15, 0.2) is 12.1 Å². The molecule has 1 rings (SSSR count). The van der Waals surface area contributed by atoms with E-state index < -0.39 is 24.1 Å². The fourth-order valence-electron chi connectivity index (χ4n) is 1.17. The van der Waals surface area contributed by atoms with Crippen molar-refractivity contribution in [3.63, 3.8) is 0 Å². The van der Waals surface area contributed by atoms with Crippen LogP contribution in [0.1, 0.15) is 15.9 Å². The third-order valence-electron chi connectivity index (χ3n) is 1.90. The number of carbonyl (C=O) groups excluding carboxylic acids is 1. The molecule has 7 heteroatoms. The SMILES string of the molecule is COC(=O)c1cc(CCl)c(F)c(OC(F)F)c1. The fourth-order valence-corrected chi connectivity index (χ4v) is 1.36. The molecule has 94 valence electrons. The average Bonchev–Trinajstić information content (AvgIpc) is 2.30. The van der Waals surface area contributed by atoms with E-state index >= 15 is 0 Å². The highest BCUT2D eigenvalue weighted by molar-refractivity contribution is 6.17. The molecular weight excluding hydrogens is 261 g/mol. The van der Waals surface area contributed by atoms with Crippen LogP contribution in [0.5, 0.6) is 5.75 Å². The highest BCUT2D eigenvalue weighted by Crippen LogP contribution is 2.26. The van der Waals surface area contributed by atoms with Gasteiger partial charge in [0.15, 0.2) is 11.6 Å². The van der Waals surface area contributed by atoms with Crippen LogP contribution in [-0.2, 0) is 10.6 Å². The van der Waals surface area contributed by atoms with Crippen molar-refractivity contribution in [3.8, 4) is 5.75 Å². The summed E-state index contributed by atoms with van der Waals surface area (Å²) in [4.78, 5) is 11.2. The van der Waals surface area contributed by atoms with Crippen molar-refractivity contribution in [1.82, 2.24) is 0 Å². The highest BCUT2D eigenvalue weighted by Gasteiger charge is 2.18. The Bertz CT molecular complexity index is 424. The minimum atomic E-state index is -3.19. The van der Waals surface area contributed by atoms with Crippen LogP contribution < -0.4 is 4.74 Å². The molecular formula is C10H8ClF3O3. The first kappa shape index (κ1) is 13.6. The second-order valence-electron chi connectivity index (χ2n) is 2.95. The smallest absolute Gasteiger partial charge is 0.387 e. The van der Waals surface area contributed by atoms with E-state index in [2.05, 4.69) is 9.47 Å². The Morgan fingerprint density at radius 2 is 2.12 bits per heavy atom. The summed E-state index contributed by atoms with van der Waals surface area (Å²) in [7, 11) is 1.11. The van der Waals surface area contributed by atoms with Crippen LogP contribution >= 0.6 is 11.6 Å². The van der Waals surface area contributed by atoms with Crippen molar-refractivity contribution in [2.24, 2.45) is 0 Å². The molecule has 0 aliphatic carbocycles. The minimum absolute atomic E-state index is 0.111. The van der Waals surface area contributed by atoms with Crippen LogP contribution in [0.25, 0.3) is 0 Å². The molecule has 0 aliphatic rings. The second-order valence-corrected chi connectivity index (χ2v) is 3.22. The maximum atomic E-state index is 13.5. The number of hydrogen-bond acceptors (Lipinski definition) is 3. The summed E-state index contributed by atoms with van der Waals surface area (Å²) in [6.07, 6.45) is 0. The Balaban J connectivity index is 3.23. The van der Waals surface area contributed by atoms with Gasteiger partial charge < -0.3 is 9.47 Å². The van der Waals surface area contributed by atoms with Crippen LogP contribution in [0, 0.1) is 5.82 Å². The van der Waals surface area contributed by atoms with E-state index in [1.807, 2.05) is 0 Å². The second kappa shape index (κ2) is 5.77. The summed E-state index contributed by atoms with van der Waals surface area (Å²) in [6.45, 7) is -3.19. The van der Waals surface area contributed by atoms with Crippen LogP contribution in [0.3, 0.4) is 0 Å². The quantitative estimate of drug-likeness (QED) is 0.622. The third-order valence-corrected chi connectivity index (χ3v) is 2.18. The predicted molar refractivity (Wildman–Crippen MR) is 53.9 cm³/mol. The Hall–Kier alpha value is -1.43. The van der Waals surface area contributed by atoms with Gasteiger partial charge in [0.05, 0.1) is 18.6 Å². The summed E-state index contributed by atoms with van der Waals surface area (Å²) in [5.41, 5.74) is -0.231. The van der Waals surface area contributed by atoms with Crippen molar-refractivity contribution in [2.45, 2.75) is 12.5 Å². The largest absolute Gasteiger partial charge is 0.465 e. The van der Waals surface area contributed by atoms with Crippen molar-refractivity contribution in [1.29, 1.82) is 0 Å². The van der Waals surface area contributed by atoms with E-state index in [0.29, 0.717) is 0 Å². The van der Waals surface area contributed by atoms with Crippen LogP contribution in [0.2, 0.25) is 0 Å². The molecule has 0 spiro atoms. The lowest BCUT2D eigenvalue weighted by molar-refractivity contribution is -0.0523. The van der Waals surface area contributed by atoms with Gasteiger partial charge in [-0.3, -0.25) is 0 Å². The Kier molecular flexibility index (Phi) is 4.62. The van der Waals surface area contributed by atoms with Crippen molar-refractivity contribution in [3.05, 3.63) is 29.1 Å². The minimum Gasteiger partial charge on any atom is -0.465 e. The van der Waals surface area contributed by atoms with E-state index in [1.165, 1.54) is 0 Å². The maximum Gasteiger partial charge on any atom is 0.387 e. The van der Waals surface area contributed by atoms with Gasteiger partial charge in [0.1, 0.15) is 0 Å². The first-order valence-corrected chi connectivity index (χ1v) is 4.94. The molecule has 0 atom stereocenters. The molecule has 0 heterocycles. The first-order valence-electron chi connectivity index (χ1n) is 4.41. The zero-order valence-corrected chi connectivity index (χ0v) is 9.43. The van der Waals surface area contributed by atoms with E-state index in [1.54, 1.807) is 0 Å². The van der Waals surface area contributed by atoms with Crippen LogP contribution in [0.4, 0.5) is 13.2 Å². The normalized spacial score (nSPS) is 10.5. The molecule has 0 aliphatic heterocycles. The molecule has 0 amide bonds. The average molecular weight is 269 g/mol. The molecule has 0 unspecified atom stereocenters. The topological polar surface area (TPSA) is 35.5 Å². The number of carbonyl (C=O) groups is 1. The van der Waals surface area contributed by atoms with Gasteiger partial charge in [0, 0.05) is 5.56 Å². The molecule has 17 heavy (non-hydrogen) atoms. The molecule has 1 aromatic rings. The third kappa shape index (κ3) is 3.26. The van der Waals surface area contributed by atoms with Gasteiger partial charge in [-0.15, -0.1) is 11.6 Å². The summed E-state index contributed by atoms with van der Waals surface area (Å²) < 4.78 is 45.8. The van der Waals surface area contributed by atoms with E-state index in [4.69, 9.17) is 11.6 Å². The number of methoxy groups -OCH3 is 1. The van der Waals surface area contributed by atoms with Gasteiger partial charge in [-0.2, -0.15) is 8.78 Å². The summed E-state index contributed by atoms with van der Waals surface area (Å²) in [6, 6.07) is 1.95. The van der Waals surface area contributed by atoms with Gasteiger partial charge >= 0.3 is 12.6 Å². The lowest BCUT2D eigenvalue weighted by Gasteiger charge is -2.10. The Morgan fingerprint density at radius 1 is 1.47 bits per heavy atom. The van der Waals surface area contributed by atoms with Crippen molar-refractivity contribution in [2.75, 3.05) is 7.11 Å². The van der Waals surface area contributed by atoms with E-state index in [9.17, 15) is 18.0 Å². The molecule has 0 aromatic heterocycles. The molecule has 0 fully saturated rings. The molecule has 0 saturated heterocycles. The highest BCUT2D eigenvalue weighted by atomic mass is 35.5. The van der Waals surface area contributed by atoms with E-state index in [-0.39, 0.29) is 17.0 Å². The predicted octanol–water partition coefficient (Wildman–Crippen LogP) is 2.95. The molecule has 0 saturated carbocycles. The van der Waals surface area contributed by atoms with Gasteiger partial charge in [-0.05, 0) is 12.1 Å². The first-order chi connectivity index (χ1) is 7.99. The standard InChI is InChI=1S/C10H8ClF3O3/c1-16-9(15)5-2-6(4-11)8(12)7(3-5)17-10(13)14/h2-3,10H,4H2,1H3. The molecule has 0 radical (unpaired) electrons. The fraction of sp³-hybridized carbons (Fsp3) is 0.300. The Labute approximate surface area is 100 Å². The van der Waals surface area contributed by atoms with Gasteiger partial charge in [0.25, 0.3) is 0 Å². The van der Waals surface area contributed by atoms with E-state index in [0.717, 1.165) is 19.2 Å². The van der Waals surface area contributed by atoms with Crippen molar-refractivity contribution >= 4 is 17.6 Å². The summed E-state index contributed by atoms with van der Waals surface area (Å²) >= 11 is 5.43. The van der Waals surface area contributed by atoms with Crippen molar-refractivity contribution < 1.29 is 27.4 Å². The maximum absolute atomic E-state index is 13.5. The van der Waals surface area contributed by atoms with Crippen LogP contribution in [-0.4, -0.2) is 19.7 Å². The number of ether oxygens (including phenoxy) is 2. The lowest BCUT2D eigenvalue weighted by atomic mass is 10.1. The molecule has 0 bridgehead atoms. The lowest BCUT2D eigenvalue weighted by Crippen LogP contribution is -2.08. The number of alkyl halides is 3. The molecule has 1 aromatic carbocycles. The number of rotatable bonds is 4. The van der Waals surface area contributed by atoms with Gasteiger partial charge in [-0.1, -0.05) is 0 Å². The van der Waals surface area contributed by atoms with Gasteiger partial charge in [-0.25, -0.2) is 9.18 Å².